The first-order valence-electron chi connectivity index (χ1n) is 3.46. The van der Waals surface area contributed by atoms with Gasteiger partial charge in [0.2, 0.25) is 6.54 Å². The lowest BCUT2D eigenvalue weighted by molar-refractivity contribution is -0.496. The fourth-order valence-electron chi connectivity index (χ4n) is 0.949. The summed E-state index contributed by atoms with van der Waals surface area (Å²) in [6.45, 7) is 1.40. The van der Waals surface area contributed by atoms with Gasteiger partial charge < -0.3 is 0 Å². The molecule has 0 spiro atoms. The van der Waals surface area contributed by atoms with Gasteiger partial charge in [-0.2, -0.15) is 0 Å². The summed E-state index contributed by atoms with van der Waals surface area (Å²) >= 11 is 0. The van der Waals surface area contributed by atoms with Crippen LogP contribution in [0, 0.1) is 22.9 Å². The molecule has 0 aliphatic heterocycles. The van der Waals surface area contributed by atoms with E-state index in [1.807, 2.05) is 0 Å². The Morgan fingerprint density at radius 1 is 1.58 bits per heavy atom. The van der Waals surface area contributed by atoms with Crippen molar-refractivity contribution in [3.8, 4) is 0 Å². The molecule has 0 amide bonds. The summed E-state index contributed by atoms with van der Waals surface area (Å²) in [5.74, 6) is -0.433. The van der Waals surface area contributed by atoms with E-state index in [0.29, 0.717) is 5.56 Å². The van der Waals surface area contributed by atoms with Gasteiger partial charge in [-0.3, -0.25) is 10.1 Å². The van der Waals surface area contributed by atoms with Crippen molar-refractivity contribution in [1.29, 1.82) is 0 Å². The molecule has 0 saturated heterocycles. The third kappa shape index (κ3) is 2.02. The summed E-state index contributed by atoms with van der Waals surface area (Å²) in [6, 6.07) is 4.02. The Morgan fingerprint density at radius 3 is 2.83 bits per heavy atom. The van der Waals surface area contributed by atoms with E-state index in [-0.39, 0.29) is 6.54 Å². The van der Waals surface area contributed by atoms with E-state index in [9.17, 15) is 14.5 Å². The molecule has 64 valence electrons. The van der Waals surface area contributed by atoms with Crippen LogP contribution in [0.15, 0.2) is 18.2 Å². The molecule has 0 aromatic heterocycles. The van der Waals surface area contributed by atoms with Crippen LogP contribution in [0.5, 0.6) is 0 Å². The Kier molecular flexibility index (Phi) is 2.38. The third-order valence-electron chi connectivity index (χ3n) is 1.61. The maximum absolute atomic E-state index is 12.6. The van der Waals surface area contributed by atoms with Gasteiger partial charge in [0.1, 0.15) is 5.82 Å². The second-order valence-corrected chi connectivity index (χ2v) is 2.56. The summed E-state index contributed by atoms with van der Waals surface area (Å²) in [6.07, 6.45) is 0. The van der Waals surface area contributed by atoms with E-state index in [2.05, 4.69) is 0 Å². The lowest BCUT2D eigenvalue weighted by Gasteiger charge is -1.99. The molecule has 0 N–H and O–H groups in total. The number of halogens is 1. The molecule has 1 rings (SSSR count). The number of benzene rings is 1. The van der Waals surface area contributed by atoms with Crippen molar-refractivity contribution in [2.24, 2.45) is 0 Å². The largest absolute Gasteiger partial charge is 0.264 e. The van der Waals surface area contributed by atoms with Crippen LogP contribution in [0.4, 0.5) is 4.39 Å². The number of nitro groups is 1. The van der Waals surface area contributed by atoms with E-state index in [0.717, 1.165) is 5.56 Å². The average Bonchev–Trinajstić information content (AvgIpc) is 1.96. The van der Waals surface area contributed by atoms with Crippen molar-refractivity contribution < 1.29 is 9.31 Å². The highest BCUT2D eigenvalue weighted by Gasteiger charge is 2.05. The highest BCUT2D eigenvalue weighted by molar-refractivity contribution is 5.25. The van der Waals surface area contributed by atoms with Crippen molar-refractivity contribution in [2.75, 3.05) is 0 Å². The molecule has 12 heavy (non-hydrogen) atoms. The van der Waals surface area contributed by atoms with E-state index in [1.54, 1.807) is 6.92 Å². The number of aryl methyl sites for hydroxylation is 1. The average molecular weight is 169 g/mol. The van der Waals surface area contributed by atoms with Crippen molar-refractivity contribution in [1.82, 2.24) is 0 Å². The van der Waals surface area contributed by atoms with Crippen LogP contribution in [-0.2, 0) is 6.54 Å². The summed E-state index contributed by atoms with van der Waals surface area (Å²) in [7, 11) is 0. The smallest absolute Gasteiger partial charge is 0.229 e. The quantitative estimate of drug-likeness (QED) is 0.501. The van der Waals surface area contributed by atoms with Gasteiger partial charge in [0.25, 0.3) is 0 Å². The number of rotatable bonds is 2. The van der Waals surface area contributed by atoms with Gasteiger partial charge in [-0.15, -0.1) is 0 Å². The predicted octanol–water partition coefficient (Wildman–Crippen LogP) is 1.91. The molecule has 0 fully saturated rings. The van der Waals surface area contributed by atoms with Crippen LogP contribution in [-0.4, -0.2) is 4.92 Å². The zero-order valence-electron chi connectivity index (χ0n) is 6.58. The summed E-state index contributed by atoms with van der Waals surface area (Å²) in [4.78, 5) is 9.64. The maximum Gasteiger partial charge on any atom is 0.229 e. The summed E-state index contributed by atoms with van der Waals surface area (Å²) in [5, 5.41) is 10.1. The number of nitrogens with zero attached hydrogens (tertiary/aromatic N) is 1. The molecule has 1 aromatic rings. The minimum atomic E-state index is -0.470. The van der Waals surface area contributed by atoms with Gasteiger partial charge in [0.15, 0.2) is 0 Å². The predicted molar refractivity (Wildman–Crippen MR) is 41.8 cm³/mol. The van der Waals surface area contributed by atoms with Crippen LogP contribution in [0.25, 0.3) is 0 Å². The zero-order chi connectivity index (χ0) is 9.14. The summed E-state index contributed by atoms with van der Waals surface area (Å²) in [5.41, 5.74) is 1.17. The monoisotopic (exact) mass is 169 g/mol. The Balaban J connectivity index is 2.97. The van der Waals surface area contributed by atoms with Gasteiger partial charge in [0, 0.05) is 10.5 Å². The fourth-order valence-corrected chi connectivity index (χ4v) is 0.949. The highest BCUT2D eigenvalue weighted by Crippen LogP contribution is 2.10. The lowest BCUT2D eigenvalue weighted by atomic mass is 10.1. The lowest BCUT2D eigenvalue weighted by Crippen LogP contribution is -2.00. The highest BCUT2D eigenvalue weighted by atomic mass is 19.1. The van der Waals surface area contributed by atoms with Gasteiger partial charge >= 0.3 is 0 Å². The molecule has 0 unspecified atom stereocenters. The molecule has 0 heterocycles. The minimum Gasteiger partial charge on any atom is -0.264 e. The first-order valence-corrected chi connectivity index (χ1v) is 3.46. The van der Waals surface area contributed by atoms with Crippen LogP contribution in [0.3, 0.4) is 0 Å². The topological polar surface area (TPSA) is 43.1 Å². The van der Waals surface area contributed by atoms with Crippen LogP contribution in [0.2, 0.25) is 0 Å². The van der Waals surface area contributed by atoms with Gasteiger partial charge in [0.05, 0.1) is 0 Å². The van der Waals surface area contributed by atoms with Crippen molar-refractivity contribution in [3.63, 3.8) is 0 Å². The van der Waals surface area contributed by atoms with Crippen LogP contribution in [0.1, 0.15) is 11.1 Å². The Labute approximate surface area is 69.0 Å². The molecule has 0 aliphatic rings. The Morgan fingerprint density at radius 2 is 2.25 bits per heavy atom. The number of hydrogen-bond acceptors (Lipinski definition) is 2. The molecule has 4 heteroatoms. The number of hydrogen-bond donors (Lipinski definition) is 0. The molecule has 0 saturated carbocycles. The fraction of sp³-hybridized carbons (Fsp3) is 0.250. The molecule has 0 radical (unpaired) electrons. The Bertz CT molecular complexity index is 312. The van der Waals surface area contributed by atoms with Crippen molar-refractivity contribution >= 4 is 0 Å². The van der Waals surface area contributed by atoms with E-state index >= 15 is 0 Å². The zero-order valence-corrected chi connectivity index (χ0v) is 6.58. The first kappa shape index (κ1) is 8.64. The molecule has 0 aliphatic carbocycles. The standard InChI is InChI=1S/C8H8FNO2/c1-6-2-3-8(9)4-7(6)5-10(11)12/h2-4H,5H2,1H3. The minimum absolute atomic E-state index is 0.316. The molecule has 0 bridgehead atoms. The second-order valence-electron chi connectivity index (χ2n) is 2.56. The summed E-state index contributed by atoms with van der Waals surface area (Å²) < 4.78 is 12.6. The van der Waals surface area contributed by atoms with Gasteiger partial charge in [-0.25, -0.2) is 4.39 Å². The van der Waals surface area contributed by atoms with E-state index < -0.39 is 10.7 Å². The second kappa shape index (κ2) is 3.30. The SMILES string of the molecule is Cc1ccc(F)cc1C[N+](=O)[O-]. The van der Waals surface area contributed by atoms with Crippen molar-refractivity contribution in [2.45, 2.75) is 13.5 Å². The van der Waals surface area contributed by atoms with Crippen molar-refractivity contribution in [3.05, 3.63) is 45.3 Å². The van der Waals surface area contributed by atoms with Gasteiger partial charge in [-0.1, -0.05) is 6.07 Å². The third-order valence-corrected chi connectivity index (χ3v) is 1.61. The van der Waals surface area contributed by atoms with Crippen LogP contribution >= 0.6 is 0 Å². The first-order chi connectivity index (χ1) is 5.59. The molecule has 0 atom stereocenters. The van der Waals surface area contributed by atoms with E-state index in [4.69, 9.17) is 0 Å². The molecule has 3 nitrogen and oxygen atoms in total. The molecular formula is C8H8FNO2. The normalized spacial score (nSPS) is 9.83. The maximum atomic E-state index is 12.6. The van der Waals surface area contributed by atoms with E-state index in [1.165, 1.54) is 18.2 Å². The Hall–Kier alpha value is -1.45. The van der Waals surface area contributed by atoms with Crippen LogP contribution < -0.4 is 0 Å². The van der Waals surface area contributed by atoms with Gasteiger partial charge in [-0.05, 0) is 24.6 Å². The molecular weight excluding hydrogens is 161 g/mol. The molecule has 1 aromatic carbocycles.